The summed E-state index contributed by atoms with van der Waals surface area (Å²) in [6.45, 7) is 0.528. The maximum atomic E-state index is 12.0. The smallest absolute Gasteiger partial charge is 0.323 e. The SMILES string of the molecule is COC(=O)[C@H]1CCC[C@@H](C(=O)OC)N1Cc1ccccc1. The maximum absolute atomic E-state index is 12.0. The van der Waals surface area contributed by atoms with Crippen LogP contribution in [0.3, 0.4) is 0 Å². The first kappa shape index (κ1) is 15.5. The summed E-state index contributed by atoms with van der Waals surface area (Å²) in [5.74, 6) is -0.584. The molecular formula is C16H21NO4. The quantitative estimate of drug-likeness (QED) is 0.791. The van der Waals surface area contributed by atoms with Crippen molar-refractivity contribution in [2.45, 2.75) is 37.9 Å². The van der Waals surface area contributed by atoms with Gasteiger partial charge >= 0.3 is 11.9 Å². The van der Waals surface area contributed by atoms with Gasteiger partial charge < -0.3 is 9.47 Å². The Hall–Kier alpha value is -1.88. The number of carbonyl (C=O) groups is 2. The number of benzene rings is 1. The molecule has 1 aliphatic heterocycles. The number of ether oxygens (including phenoxy) is 2. The van der Waals surface area contributed by atoms with Crippen molar-refractivity contribution in [3.8, 4) is 0 Å². The second-order valence-corrected chi connectivity index (χ2v) is 5.17. The second-order valence-electron chi connectivity index (χ2n) is 5.17. The summed E-state index contributed by atoms with van der Waals surface area (Å²) in [6.07, 6.45) is 2.21. The summed E-state index contributed by atoms with van der Waals surface area (Å²) in [4.78, 5) is 25.9. The Morgan fingerprint density at radius 1 is 1.05 bits per heavy atom. The Morgan fingerprint density at radius 2 is 1.57 bits per heavy atom. The Balaban J connectivity index is 2.24. The van der Waals surface area contributed by atoms with E-state index in [0.29, 0.717) is 19.4 Å². The minimum Gasteiger partial charge on any atom is -0.468 e. The van der Waals surface area contributed by atoms with Crippen LogP contribution in [0, 0.1) is 0 Å². The number of methoxy groups -OCH3 is 2. The summed E-state index contributed by atoms with van der Waals surface area (Å²) in [5, 5.41) is 0. The second kappa shape index (κ2) is 7.22. The fourth-order valence-electron chi connectivity index (χ4n) is 2.85. The molecule has 1 aromatic carbocycles. The van der Waals surface area contributed by atoms with Gasteiger partial charge in [0.05, 0.1) is 14.2 Å². The minimum absolute atomic E-state index is 0.292. The van der Waals surface area contributed by atoms with Crippen molar-refractivity contribution in [3.05, 3.63) is 35.9 Å². The van der Waals surface area contributed by atoms with E-state index in [2.05, 4.69) is 0 Å². The lowest BCUT2D eigenvalue weighted by atomic mass is 9.94. The molecule has 0 aromatic heterocycles. The number of rotatable bonds is 4. The van der Waals surface area contributed by atoms with Crippen LogP contribution >= 0.6 is 0 Å². The number of hydrogen-bond donors (Lipinski definition) is 0. The van der Waals surface area contributed by atoms with Gasteiger partial charge in [-0.05, 0) is 24.8 Å². The third-order valence-corrected chi connectivity index (χ3v) is 3.91. The molecule has 1 aliphatic rings. The molecule has 1 fully saturated rings. The molecule has 2 rings (SSSR count). The molecule has 1 heterocycles. The van der Waals surface area contributed by atoms with Crippen LogP contribution in [-0.2, 0) is 25.6 Å². The van der Waals surface area contributed by atoms with Crippen molar-refractivity contribution >= 4 is 11.9 Å². The van der Waals surface area contributed by atoms with Gasteiger partial charge in [0, 0.05) is 6.54 Å². The lowest BCUT2D eigenvalue weighted by Crippen LogP contribution is -2.53. The van der Waals surface area contributed by atoms with Gasteiger partial charge in [0.2, 0.25) is 0 Å². The predicted molar refractivity (Wildman–Crippen MR) is 77.4 cm³/mol. The van der Waals surface area contributed by atoms with Gasteiger partial charge in [0.15, 0.2) is 0 Å². The van der Waals surface area contributed by atoms with E-state index >= 15 is 0 Å². The molecule has 0 saturated carbocycles. The zero-order valence-corrected chi connectivity index (χ0v) is 12.5. The molecule has 0 bridgehead atoms. The lowest BCUT2D eigenvalue weighted by Gasteiger charge is -2.39. The van der Waals surface area contributed by atoms with E-state index in [4.69, 9.17) is 9.47 Å². The van der Waals surface area contributed by atoms with Gasteiger partial charge in [0.1, 0.15) is 12.1 Å². The molecule has 0 spiro atoms. The van der Waals surface area contributed by atoms with Crippen molar-refractivity contribution in [2.24, 2.45) is 0 Å². The average Bonchev–Trinajstić information content (AvgIpc) is 2.54. The third-order valence-electron chi connectivity index (χ3n) is 3.91. The van der Waals surface area contributed by atoms with Crippen LogP contribution in [0.4, 0.5) is 0 Å². The van der Waals surface area contributed by atoms with E-state index in [1.807, 2.05) is 35.2 Å². The normalized spacial score (nSPS) is 22.6. The largest absolute Gasteiger partial charge is 0.468 e. The molecule has 2 atom stereocenters. The summed E-state index contributed by atoms with van der Waals surface area (Å²) in [5.41, 5.74) is 1.06. The third kappa shape index (κ3) is 3.61. The lowest BCUT2D eigenvalue weighted by molar-refractivity contribution is -0.158. The molecule has 0 unspecified atom stereocenters. The Kier molecular flexibility index (Phi) is 5.33. The fourth-order valence-corrected chi connectivity index (χ4v) is 2.85. The summed E-state index contributed by atoms with van der Waals surface area (Å²) < 4.78 is 9.77. The minimum atomic E-state index is -0.395. The summed E-state index contributed by atoms with van der Waals surface area (Å²) >= 11 is 0. The molecule has 0 aliphatic carbocycles. The van der Waals surface area contributed by atoms with Gasteiger partial charge in [-0.15, -0.1) is 0 Å². The highest BCUT2D eigenvalue weighted by Crippen LogP contribution is 2.26. The molecule has 0 amide bonds. The van der Waals surface area contributed by atoms with Gasteiger partial charge in [-0.2, -0.15) is 0 Å². The molecule has 0 radical (unpaired) electrons. The van der Waals surface area contributed by atoms with Crippen LogP contribution in [-0.4, -0.2) is 43.1 Å². The van der Waals surface area contributed by atoms with Crippen LogP contribution in [0.15, 0.2) is 30.3 Å². The molecule has 1 aromatic rings. The number of piperidine rings is 1. The fraction of sp³-hybridized carbons (Fsp3) is 0.500. The van der Waals surface area contributed by atoms with Crippen molar-refractivity contribution in [1.29, 1.82) is 0 Å². The number of esters is 2. The molecule has 5 heteroatoms. The van der Waals surface area contributed by atoms with Gasteiger partial charge in [-0.25, -0.2) is 0 Å². The van der Waals surface area contributed by atoms with Crippen molar-refractivity contribution in [2.75, 3.05) is 14.2 Å². The van der Waals surface area contributed by atoms with Crippen molar-refractivity contribution in [1.82, 2.24) is 4.90 Å². The highest BCUT2D eigenvalue weighted by atomic mass is 16.5. The van der Waals surface area contributed by atoms with Crippen LogP contribution < -0.4 is 0 Å². The van der Waals surface area contributed by atoms with E-state index in [-0.39, 0.29) is 11.9 Å². The van der Waals surface area contributed by atoms with Gasteiger partial charge in [-0.3, -0.25) is 14.5 Å². The van der Waals surface area contributed by atoms with Gasteiger partial charge in [0.25, 0.3) is 0 Å². The zero-order valence-electron chi connectivity index (χ0n) is 12.5. The first-order valence-electron chi connectivity index (χ1n) is 7.12. The average molecular weight is 291 g/mol. The van der Waals surface area contributed by atoms with E-state index in [0.717, 1.165) is 12.0 Å². The van der Waals surface area contributed by atoms with Crippen LogP contribution in [0.2, 0.25) is 0 Å². The first-order chi connectivity index (χ1) is 10.2. The number of nitrogens with zero attached hydrogens (tertiary/aromatic N) is 1. The maximum Gasteiger partial charge on any atom is 0.323 e. The van der Waals surface area contributed by atoms with Gasteiger partial charge in [-0.1, -0.05) is 30.3 Å². The molecular weight excluding hydrogens is 270 g/mol. The number of carbonyl (C=O) groups excluding carboxylic acids is 2. The van der Waals surface area contributed by atoms with Crippen LogP contribution in [0.25, 0.3) is 0 Å². The Labute approximate surface area is 124 Å². The monoisotopic (exact) mass is 291 g/mol. The van der Waals surface area contributed by atoms with E-state index in [9.17, 15) is 9.59 Å². The highest BCUT2D eigenvalue weighted by molar-refractivity contribution is 5.80. The highest BCUT2D eigenvalue weighted by Gasteiger charge is 2.39. The topological polar surface area (TPSA) is 55.8 Å². The van der Waals surface area contributed by atoms with Crippen LogP contribution in [0.1, 0.15) is 24.8 Å². The zero-order chi connectivity index (χ0) is 15.2. The summed E-state index contributed by atoms with van der Waals surface area (Å²) in [7, 11) is 2.76. The van der Waals surface area contributed by atoms with E-state index in [1.54, 1.807) is 0 Å². The molecule has 1 saturated heterocycles. The molecule has 114 valence electrons. The first-order valence-corrected chi connectivity index (χ1v) is 7.12. The number of hydrogen-bond acceptors (Lipinski definition) is 5. The van der Waals surface area contributed by atoms with E-state index < -0.39 is 12.1 Å². The Morgan fingerprint density at radius 3 is 2.05 bits per heavy atom. The number of likely N-dealkylation sites (tertiary alicyclic amines) is 1. The predicted octanol–water partition coefficient (Wildman–Crippen LogP) is 1.76. The molecule has 0 N–H and O–H groups in total. The van der Waals surface area contributed by atoms with Crippen LogP contribution in [0.5, 0.6) is 0 Å². The summed E-state index contributed by atoms with van der Waals surface area (Å²) in [6, 6.07) is 9.00. The van der Waals surface area contributed by atoms with Crippen molar-refractivity contribution < 1.29 is 19.1 Å². The van der Waals surface area contributed by atoms with Crippen molar-refractivity contribution in [3.63, 3.8) is 0 Å². The standard InChI is InChI=1S/C16H21NO4/c1-20-15(18)13-9-6-10-14(16(19)21-2)17(13)11-12-7-4-3-5-8-12/h3-5,7-8,13-14H,6,9-11H2,1-2H3/t13-,14+. The molecule has 21 heavy (non-hydrogen) atoms. The Bertz CT molecular complexity index is 464. The van der Waals surface area contributed by atoms with E-state index in [1.165, 1.54) is 14.2 Å². The molecule has 5 nitrogen and oxygen atoms in total.